The Morgan fingerprint density at radius 1 is 1.21 bits per heavy atom. The minimum Gasteiger partial charge on any atom is -0.303 e. The third kappa shape index (κ3) is 5.68. The zero-order chi connectivity index (χ0) is 17.7. The first-order valence-corrected chi connectivity index (χ1v) is 9.66. The van der Waals surface area contributed by atoms with Gasteiger partial charge in [0.15, 0.2) is 5.78 Å². The molecule has 1 fully saturated rings. The number of rotatable bonds is 6. The van der Waals surface area contributed by atoms with E-state index >= 15 is 0 Å². The maximum absolute atomic E-state index is 12.9. The van der Waals surface area contributed by atoms with Gasteiger partial charge in [0, 0.05) is 24.4 Å². The number of ketones is 1. The SMILES string of the molecule is CS(=O)(=O)NC(=O)CCN1CCC(C(=O)c2ccc(F)cc2)CC1. The molecule has 6 nitrogen and oxygen atoms in total. The monoisotopic (exact) mass is 356 g/mol. The van der Waals surface area contributed by atoms with E-state index in [2.05, 4.69) is 0 Å². The summed E-state index contributed by atoms with van der Waals surface area (Å²) >= 11 is 0. The number of sulfonamides is 1. The van der Waals surface area contributed by atoms with Crippen LogP contribution in [0.3, 0.4) is 0 Å². The highest BCUT2D eigenvalue weighted by Gasteiger charge is 2.26. The Hall–Kier alpha value is -1.80. The standard InChI is InChI=1S/C16H21FN2O4S/c1-24(22,23)18-15(20)8-11-19-9-6-13(7-10-19)16(21)12-2-4-14(17)5-3-12/h2-5,13H,6-11H2,1H3,(H,18,20). The van der Waals surface area contributed by atoms with Crippen molar-refractivity contribution in [1.29, 1.82) is 0 Å². The zero-order valence-corrected chi connectivity index (χ0v) is 14.3. The molecule has 1 aromatic carbocycles. The van der Waals surface area contributed by atoms with Gasteiger partial charge in [0.2, 0.25) is 15.9 Å². The number of piperidine rings is 1. The fraction of sp³-hybridized carbons (Fsp3) is 0.500. The molecule has 132 valence electrons. The predicted octanol–water partition coefficient (Wildman–Crippen LogP) is 1.19. The van der Waals surface area contributed by atoms with Crippen LogP contribution in [-0.2, 0) is 14.8 Å². The molecule has 0 unspecified atom stereocenters. The number of hydrogen-bond acceptors (Lipinski definition) is 5. The van der Waals surface area contributed by atoms with Crippen LogP contribution >= 0.6 is 0 Å². The van der Waals surface area contributed by atoms with Gasteiger partial charge in [-0.2, -0.15) is 0 Å². The average Bonchev–Trinajstić information content (AvgIpc) is 2.52. The van der Waals surface area contributed by atoms with Crippen molar-refractivity contribution in [1.82, 2.24) is 9.62 Å². The van der Waals surface area contributed by atoms with Crippen molar-refractivity contribution in [3.63, 3.8) is 0 Å². The molecule has 1 aromatic rings. The molecular formula is C16H21FN2O4S. The number of hydrogen-bond donors (Lipinski definition) is 1. The number of carbonyl (C=O) groups is 2. The molecule has 1 saturated heterocycles. The van der Waals surface area contributed by atoms with E-state index in [-0.39, 0.29) is 23.9 Å². The number of benzene rings is 1. The lowest BCUT2D eigenvalue weighted by Crippen LogP contribution is -2.39. The third-order valence-corrected chi connectivity index (χ3v) is 4.64. The Bertz CT molecular complexity index is 695. The van der Waals surface area contributed by atoms with Crippen molar-refractivity contribution in [2.24, 2.45) is 5.92 Å². The predicted molar refractivity (Wildman–Crippen MR) is 87.5 cm³/mol. The Morgan fingerprint density at radius 3 is 2.33 bits per heavy atom. The van der Waals surface area contributed by atoms with Gasteiger partial charge in [-0.25, -0.2) is 12.8 Å². The van der Waals surface area contributed by atoms with Crippen LogP contribution in [0, 0.1) is 11.7 Å². The van der Waals surface area contributed by atoms with Crippen molar-refractivity contribution < 1.29 is 22.4 Å². The highest BCUT2D eigenvalue weighted by Crippen LogP contribution is 2.22. The molecule has 0 aromatic heterocycles. The summed E-state index contributed by atoms with van der Waals surface area (Å²) in [6.45, 7) is 1.80. The molecule has 1 aliphatic rings. The number of carbonyl (C=O) groups excluding carboxylic acids is 2. The van der Waals surface area contributed by atoms with E-state index in [1.807, 2.05) is 9.62 Å². The van der Waals surface area contributed by atoms with Crippen LogP contribution in [0.1, 0.15) is 29.6 Å². The van der Waals surface area contributed by atoms with Gasteiger partial charge in [-0.3, -0.25) is 14.3 Å². The quantitative estimate of drug-likeness (QED) is 0.774. The molecule has 2 rings (SSSR count). The molecule has 1 aliphatic heterocycles. The van der Waals surface area contributed by atoms with E-state index in [4.69, 9.17) is 0 Å². The highest BCUT2D eigenvalue weighted by molar-refractivity contribution is 7.89. The molecule has 8 heteroatoms. The summed E-state index contributed by atoms with van der Waals surface area (Å²) in [4.78, 5) is 25.9. The first-order valence-electron chi connectivity index (χ1n) is 7.77. The molecule has 0 radical (unpaired) electrons. The number of nitrogens with zero attached hydrogens (tertiary/aromatic N) is 1. The van der Waals surface area contributed by atoms with Crippen LogP contribution in [0.25, 0.3) is 0 Å². The number of Topliss-reactive ketones (excluding diaryl/α,β-unsaturated/α-hetero) is 1. The van der Waals surface area contributed by atoms with Gasteiger partial charge in [0.1, 0.15) is 5.82 Å². The minimum atomic E-state index is -3.52. The molecule has 0 atom stereocenters. The normalized spacial score (nSPS) is 16.8. The highest BCUT2D eigenvalue weighted by atomic mass is 32.2. The van der Waals surface area contributed by atoms with Crippen LogP contribution in [0.15, 0.2) is 24.3 Å². The summed E-state index contributed by atoms with van der Waals surface area (Å²) in [5.41, 5.74) is 0.516. The summed E-state index contributed by atoms with van der Waals surface area (Å²) in [5, 5.41) is 0. The zero-order valence-electron chi connectivity index (χ0n) is 13.5. The minimum absolute atomic E-state index is 0.0180. The lowest BCUT2D eigenvalue weighted by atomic mass is 9.89. The van der Waals surface area contributed by atoms with Crippen LogP contribution < -0.4 is 4.72 Å². The first-order chi connectivity index (χ1) is 11.2. The number of amides is 1. The van der Waals surface area contributed by atoms with Crippen LogP contribution in [0.5, 0.6) is 0 Å². The fourth-order valence-electron chi connectivity index (χ4n) is 2.79. The second-order valence-corrected chi connectivity index (χ2v) is 7.78. The molecule has 0 bridgehead atoms. The van der Waals surface area contributed by atoms with E-state index < -0.39 is 15.9 Å². The van der Waals surface area contributed by atoms with E-state index in [1.54, 1.807) is 0 Å². The van der Waals surface area contributed by atoms with Crippen molar-refractivity contribution >= 4 is 21.7 Å². The van der Waals surface area contributed by atoms with E-state index in [1.165, 1.54) is 24.3 Å². The third-order valence-electron chi connectivity index (χ3n) is 4.04. The van der Waals surface area contributed by atoms with Crippen molar-refractivity contribution in [3.05, 3.63) is 35.6 Å². The van der Waals surface area contributed by atoms with Crippen LogP contribution in [0.4, 0.5) is 4.39 Å². The second-order valence-electron chi connectivity index (χ2n) is 6.03. The van der Waals surface area contributed by atoms with Crippen LogP contribution in [-0.4, -0.2) is 50.9 Å². The van der Waals surface area contributed by atoms with E-state index in [0.29, 0.717) is 38.0 Å². The van der Waals surface area contributed by atoms with Gasteiger partial charge >= 0.3 is 0 Å². The smallest absolute Gasteiger partial charge is 0.234 e. The Balaban J connectivity index is 1.78. The van der Waals surface area contributed by atoms with Gasteiger partial charge in [-0.05, 0) is 50.2 Å². The number of nitrogens with one attached hydrogen (secondary N) is 1. The summed E-state index contributed by atoms with van der Waals surface area (Å²) in [6, 6.07) is 5.56. The Kier molecular flexibility index (Phi) is 6.06. The molecule has 1 amide bonds. The molecule has 1 N–H and O–H groups in total. The fourth-order valence-corrected chi connectivity index (χ4v) is 3.30. The lowest BCUT2D eigenvalue weighted by molar-refractivity contribution is -0.119. The first kappa shape index (κ1) is 18.5. The van der Waals surface area contributed by atoms with Crippen molar-refractivity contribution in [3.8, 4) is 0 Å². The molecular weight excluding hydrogens is 335 g/mol. The number of likely N-dealkylation sites (tertiary alicyclic amines) is 1. The van der Waals surface area contributed by atoms with Gasteiger partial charge in [-0.15, -0.1) is 0 Å². The Labute approximate surface area is 141 Å². The average molecular weight is 356 g/mol. The molecule has 1 heterocycles. The topological polar surface area (TPSA) is 83.6 Å². The maximum atomic E-state index is 12.9. The number of halogens is 1. The van der Waals surface area contributed by atoms with Gasteiger partial charge in [0.05, 0.1) is 6.26 Å². The molecule has 0 aliphatic carbocycles. The van der Waals surface area contributed by atoms with Gasteiger partial charge < -0.3 is 4.90 Å². The molecule has 0 saturated carbocycles. The lowest BCUT2D eigenvalue weighted by Gasteiger charge is -2.31. The second kappa shape index (κ2) is 7.85. The summed E-state index contributed by atoms with van der Waals surface area (Å²) < 4.78 is 36.8. The molecule has 0 spiro atoms. The largest absolute Gasteiger partial charge is 0.303 e. The molecule has 24 heavy (non-hydrogen) atoms. The Morgan fingerprint density at radius 2 is 1.79 bits per heavy atom. The van der Waals surface area contributed by atoms with Crippen molar-refractivity contribution in [2.45, 2.75) is 19.3 Å². The summed E-state index contributed by atoms with van der Waals surface area (Å²) in [7, 11) is -3.52. The van der Waals surface area contributed by atoms with Gasteiger partial charge in [0.25, 0.3) is 0 Å². The van der Waals surface area contributed by atoms with Crippen LogP contribution in [0.2, 0.25) is 0 Å². The van der Waals surface area contributed by atoms with E-state index in [9.17, 15) is 22.4 Å². The summed E-state index contributed by atoms with van der Waals surface area (Å²) in [5.74, 6) is -0.975. The van der Waals surface area contributed by atoms with Gasteiger partial charge in [-0.1, -0.05) is 0 Å². The van der Waals surface area contributed by atoms with E-state index in [0.717, 1.165) is 6.26 Å². The summed E-state index contributed by atoms with van der Waals surface area (Å²) in [6.07, 6.45) is 2.38. The maximum Gasteiger partial charge on any atom is 0.234 e. The van der Waals surface area contributed by atoms with Crippen molar-refractivity contribution in [2.75, 3.05) is 25.9 Å².